The maximum atomic E-state index is 5.23. The van der Waals surface area contributed by atoms with E-state index in [2.05, 4.69) is 20.6 Å². The van der Waals surface area contributed by atoms with E-state index in [1.54, 1.807) is 13.4 Å². The summed E-state index contributed by atoms with van der Waals surface area (Å²) in [6, 6.07) is 2.42. The molecule has 1 aliphatic rings. The fraction of sp³-hybridized carbons (Fsp3) is 0.636. The van der Waals surface area contributed by atoms with Gasteiger partial charge in [0.05, 0.1) is 6.10 Å². The molecule has 2 rings (SSSR count). The summed E-state index contributed by atoms with van der Waals surface area (Å²) in [5.41, 5.74) is 0. The molecule has 0 amide bonds. The Morgan fingerprint density at radius 2 is 2.12 bits per heavy atom. The van der Waals surface area contributed by atoms with Crippen molar-refractivity contribution in [3.05, 3.63) is 12.4 Å². The van der Waals surface area contributed by atoms with Gasteiger partial charge in [0, 0.05) is 25.8 Å². The first-order chi connectivity index (χ1) is 7.81. The summed E-state index contributed by atoms with van der Waals surface area (Å²) < 4.78 is 5.23. The molecule has 0 radical (unpaired) electrons. The quantitative estimate of drug-likeness (QED) is 0.790. The zero-order valence-electron chi connectivity index (χ0n) is 9.73. The number of ether oxygens (including phenoxy) is 1. The number of hydrogen-bond acceptors (Lipinski definition) is 5. The van der Waals surface area contributed by atoms with Crippen molar-refractivity contribution in [1.82, 2.24) is 9.97 Å². The minimum absolute atomic E-state index is 0.410. The highest BCUT2D eigenvalue weighted by molar-refractivity contribution is 5.47. The van der Waals surface area contributed by atoms with Crippen LogP contribution in [0.15, 0.2) is 12.4 Å². The van der Waals surface area contributed by atoms with E-state index in [9.17, 15) is 0 Å². The normalized spacial score (nSPS) is 23.6. The zero-order valence-corrected chi connectivity index (χ0v) is 9.73. The first kappa shape index (κ1) is 11.1. The van der Waals surface area contributed by atoms with Gasteiger partial charge in [-0.05, 0) is 19.8 Å². The topological polar surface area (TPSA) is 59.1 Å². The second-order valence-corrected chi connectivity index (χ2v) is 3.99. The van der Waals surface area contributed by atoms with Crippen LogP contribution in [0.2, 0.25) is 0 Å². The lowest BCUT2D eigenvalue weighted by Gasteiger charge is -2.34. The van der Waals surface area contributed by atoms with E-state index in [-0.39, 0.29) is 0 Å². The lowest BCUT2D eigenvalue weighted by atomic mass is 9.89. The van der Waals surface area contributed by atoms with Crippen LogP contribution >= 0.6 is 0 Å². The summed E-state index contributed by atoms with van der Waals surface area (Å²) in [5, 5.41) is 6.53. The molecule has 0 spiro atoms. The van der Waals surface area contributed by atoms with Gasteiger partial charge in [-0.15, -0.1) is 0 Å². The molecular formula is C11H18N4O. The third-order valence-electron chi connectivity index (χ3n) is 2.81. The summed E-state index contributed by atoms with van der Waals surface area (Å²) >= 11 is 0. The van der Waals surface area contributed by atoms with Crippen molar-refractivity contribution in [3.8, 4) is 0 Å². The van der Waals surface area contributed by atoms with Gasteiger partial charge in [-0.1, -0.05) is 0 Å². The van der Waals surface area contributed by atoms with Gasteiger partial charge < -0.3 is 15.4 Å². The summed E-state index contributed by atoms with van der Waals surface area (Å²) in [4.78, 5) is 8.32. The third-order valence-corrected chi connectivity index (χ3v) is 2.81. The largest absolute Gasteiger partial charge is 0.381 e. The van der Waals surface area contributed by atoms with Crippen molar-refractivity contribution >= 4 is 11.6 Å². The van der Waals surface area contributed by atoms with Gasteiger partial charge in [-0.2, -0.15) is 0 Å². The van der Waals surface area contributed by atoms with Crippen molar-refractivity contribution in [3.63, 3.8) is 0 Å². The second-order valence-electron chi connectivity index (χ2n) is 3.99. The molecule has 0 aromatic carbocycles. The highest BCUT2D eigenvalue weighted by Gasteiger charge is 2.28. The molecule has 5 nitrogen and oxygen atoms in total. The smallest absolute Gasteiger partial charge is 0.131 e. The maximum absolute atomic E-state index is 5.23. The highest BCUT2D eigenvalue weighted by atomic mass is 16.5. The fourth-order valence-electron chi connectivity index (χ4n) is 1.80. The van der Waals surface area contributed by atoms with Gasteiger partial charge in [-0.25, -0.2) is 9.97 Å². The van der Waals surface area contributed by atoms with E-state index in [4.69, 9.17) is 4.74 Å². The first-order valence-electron chi connectivity index (χ1n) is 5.67. The van der Waals surface area contributed by atoms with Crippen LogP contribution in [0.25, 0.3) is 0 Å². The van der Waals surface area contributed by atoms with Crippen LogP contribution in [0.4, 0.5) is 11.6 Å². The van der Waals surface area contributed by atoms with E-state index >= 15 is 0 Å². The van der Waals surface area contributed by atoms with E-state index in [0.717, 1.165) is 31.0 Å². The summed E-state index contributed by atoms with van der Waals surface area (Å²) in [6.07, 6.45) is 4.09. The van der Waals surface area contributed by atoms with Crippen molar-refractivity contribution in [1.29, 1.82) is 0 Å². The number of aromatic nitrogens is 2. The fourth-order valence-corrected chi connectivity index (χ4v) is 1.80. The van der Waals surface area contributed by atoms with Crippen molar-refractivity contribution in [2.75, 3.05) is 24.3 Å². The summed E-state index contributed by atoms with van der Waals surface area (Å²) in [7, 11) is 1.76. The molecule has 0 saturated heterocycles. The summed E-state index contributed by atoms with van der Waals surface area (Å²) in [5.74, 6) is 1.74. The third kappa shape index (κ3) is 2.61. The minimum Gasteiger partial charge on any atom is -0.381 e. The Morgan fingerprint density at radius 1 is 1.38 bits per heavy atom. The van der Waals surface area contributed by atoms with Crippen LogP contribution in [-0.4, -0.2) is 35.8 Å². The van der Waals surface area contributed by atoms with Gasteiger partial charge in [-0.3, -0.25) is 0 Å². The molecule has 1 saturated carbocycles. The van der Waals surface area contributed by atoms with Crippen LogP contribution in [0, 0.1) is 0 Å². The molecule has 0 atom stereocenters. The molecule has 1 aromatic heterocycles. The molecule has 0 aliphatic heterocycles. The van der Waals surface area contributed by atoms with Gasteiger partial charge in [0.25, 0.3) is 0 Å². The van der Waals surface area contributed by atoms with E-state index in [1.165, 1.54) is 0 Å². The first-order valence-corrected chi connectivity index (χ1v) is 5.67. The minimum atomic E-state index is 0.410. The van der Waals surface area contributed by atoms with E-state index < -0.39 is 0 Å². The van der Waals surface area contributed by atoms with Crippen LogP contribution in [0.3, 0.4) is 0 Å². The maximum Gasteiger partial charge on any atom is 0.131 e. The molecule has 0 unspecified atom stereocenters. The van der Waals surface area contributed by atoms with Crippen LogP contribution in [0.5, 0.6) is 0 Å². The Labute approximate surface area is 95.6 Å². The molecule has 1 aromatic rings. The number of hydrogen-bond donors (Lipinski definition) is 2. The number of nitrogens with one attached hydrogen (secondary N) is 2. The molecule has 1 aliphatic carbocycles. The average Bonchev–Trinajstić information content (AvgIpc) is 2.24. The second kappa shape index (κ2) is 5.12. The zero-order chi connectivity index (χ0) is 11.4. The Morgan fingerprint density at radius 3 is 2.81 bits per heavy atom. The Hall–Kier alpha value is -1.36. The lowest BCUT2D eigenvalue weighted by molar-refractivity contribution is 0.0328. The van der Waals surface area contributed by atoms with Crippen molar-refractivity contribution in [2.24, 2.45) is 0 Å². The Bertz CT molecular complexity index is 339. The van der Waals surface area contributed by atoms with Gasteiger partial charge in [0.2, 0.25) is 0 Å². The summed E-state index contributed by atoms with van der Waals surface area (Å²) in [6.45, 7) is 2.91. The molecule has 0 bridgehead atoms. The average molecular weight is 222 g/mol. The van der Waals surface area contributed by atoms with Crippen LogP contribution in [0.1, 0.15) is 19.8 Å². The molecule has 2 N–H and O–H groups in total. The highest BCUT2D eigenvalue weighted by Crippen LogP contribution is 2.25. The monoisotopic (exact) mass is 222 g/mol. The molecule has 1 fully saturated rings. The molecule has 5 heteroatoms. The lowest BCUT2D eigenvalue weighted by Crippen LogP contribution is -2.40. The molecule has 16 heavy (non-hydrogen) atoms. The SMILES string of the molecule is CCNc1cc(NC2CC(OC)C2)ncn1. The molecule has 88 valence electrons. The van der Waals surface area contributed by atoms with Crippen LogP contribution in [-0.2, 0) is 4.74 Å². The Balaban J connectivity index is 1.87. The Kier molecular flexibility index (Phi) is 3.56. The number of rotatable bonds is 5. The van der Waals surface area contributed by atoms with Crippen molar-refractivity contribution in [2.45, 2.75) is 31.9 Å². The van der Waals surface area contributed by atoms with Gasteiger partial charge in [0.15, 0.2) is 0 Å². The predicted molar refractivity (Wildman–Crippen MR) is 63.6 cm³/mol. The number of nitrogens with zero attached hydrogens (tertiary/aromatic N) is 2. The van der Waals surface area contributed by atoms with Gasteiger partial charge in [0.1, 0.15) is 18.0 Å². The molecule has 1 heterocycles. The van der Waals surface area contributed by atoms with Crippen LogP contribution < -0.4 is 10.6 Å². The van der Waals surface area contributed by atoms with Crippen molar-refractivity contribution < 1.29 is 4.74 Å². The van der Waals surface area contributed by atoms with E-state index in [1.807, 2.05) is 13.0 Å². The standard InChI is InChI=1S/C11H18N4O/c1-3-12-10-6-11(14-7-13-10)15-8-4-9(5-8)16-2/h6-9H,3-5H2,1-2H3,(H2,12,13,14,15). The van der Waals surface area contributed by atoms with Gasteiger partial charge >= 0.3 is 0 Å². The molecular weight excluding hydrogens is 204 g/mol. The predicted octanol–water partition coefficient (Wildman–Crippen LogP) is 1.50. The number of anilines is 2. The number of methoxy groups -OCH3 is 1. The van der Waals surface area contributed by atoms with E-state index in [0.29, 0.717) is 12.1 Å².